The molecule has 1 atom stereocenters. The Balaban J connectivity index is 2.02. The van der Waals surface area contributed by atoms with Crippen molar-refractivity contribution in [2.45, 2.75) is 13.0 Å². The van der Waals surface area contributed by atoms with E-state index < -0.39 is 28.6 Å². The average molecular weight is 430 g/mol. The van der Waals surface area contributed by atoms with E-state index >= 15 is 0 Å². The quantitative estimate of drug-likeness (QED) is 0.299. The van der Waals surface area contributed by atoms with Gasteiger partial charge in [0.1, 0.15) is 11.4 Å². The maximum absolute atomic E-state index is 12.4. The van der Waals surface area contributed by atoms with Crippen LogP contribution in [0.1, 0.15) is 34.5 Å². The molecule has 3 rings (SSSR count). The van der Waals surface area contributed by atoms with E-state index in [1.54, 1.807) is 6.92 Å². The van der Waals surface area contributed by atoms with E-state index in [0.29, 0.717) is 0 Å². The molecular weight excluding hydrogens is 408 g/mol. The van der Waals surface area contributed by atoms with Gasteiger partial charge < -0.3 is 20.6 Å². The number of aromatic hydroxyl groups is 1. The number of nitrogens with zero attached hydrogens (tertiary/aromatic N) is 2. The van der Waals surface area contributed by atoms with Crippen LogP contribution in [0, 0.1) is 11.3 Å². The van der Waals surface area contributed by atoms with Crippen molar-refractivity contribution in [3.63, 3.8) is 0 Å². The van der Waals surface area contributed by atoms with E-state index in [4.69, 9.17) is 0 Å². The van der Waals surface area contributed by atoms with Gasteiger partial charge in [-0.05, 0) is 24.6 Å². The van der Waals surface area contributed by atoms with E-state index in [0.717, 1.165) is 11.1 Å². The van der Waals surface area contributed by atoms with Gasteiger partial charge in [0.05, 0.1) is 28.9 Å². The van der Waals surface area contributed by atoms with Crippen molar-refractivity contribution in [1.29, 1.82) is 5.26 Å². The summed E-state index contributed by atoms with van der Waals surface area (Å²) < 4.78 is 0. The van der Waals surface area contributed by atoms with E-state index in [9.17, 15) is 24.8 Å². The lowest BCUT2D eigenvalue weighted by molar-refractivity contribution is 0.0824. The zero-order valence-corrected chi connectivity index (χ0v) is 17.9. The molecule has 3 N–H and O–H groups in total. The standard InChI is InChI=1S/C24H22N4O4/c1-13(2)18(15-8-6-5-7-9-15)27-20-19(22(30)23(20)31)26-17-11-14(12-25)10-16(21(17)29)24(32)28(3)4/h5-11,18,26-27,29H,1H2,2-4H3/t18-/m1/s1. The molecule has 0 aromatic heterocycles. The third kappa shape index (κ3) is 4.09. The molecule has 0 unspecified atom stereocenters. The molecule has 162 valence electrons. The number of amides is 1. The van der Waals surface area contributed by atoms with Crippen molar-refractivity contribution in [1.82, 2.24) is 4.90 Å². The van der Waals surface area contributed by atoms with Gasteiger partial charge in [-0.3, -0.25) is 14.4 Å². The first kappa shape index (κ1) is 22.3. The van der Waals surface area contributed by atoms with Crippen LogP contribution in [-0.2, 0) is 0 Å². The first-order valence-electron chi connectivity index (χ1n) is 9.71. The molecule has 0 heterocycles. The Hall–Kier alpha value is -4.38. The Morgan fingerprint density at radius 3 is 2.31 bits per heavy atom. The molecule has 0 fully saturated rings. The van der Waals surface area contributed by atoms with E-state index in [1.165, 1.54) is 31.1 Å². The summed E-state index contributed by atoms with van der Waals surface area (Å²) in [6, 6.07) is 13.4. The zero-order chi connectivity index (χ0) is 23.6. The maximum Gasteiger partial charge on any atom is 0.257 e. The van der Waals surface area contributed by atoms with Crippen LogP contribution in [0.25, 0.3) is 0 Å². The van der Waals surface area contributed by atoms with Crippen LogP contribution in [-0.4, -0.2) is 30.0 Å². The molecule has 3 aromatic rings. The SMILES string of the molecule is C=C(C)[C@@H](Nc1c(Nc2cc(C#N)cc(C(=O)N(C)C)c2O)c(=O)c1=O)c1ccccc1. The Morgan fingerprint density at radius 1 is 1.12 bits per heavy atom. The molecule has 8 nitrogen and oxygen atoms in total. The van der Waals surface area contributed by atoms with Crippen LogP contribution < -0.4 is 21.5 Å². The number of phenols is 1. The van der Waals surface area contributed by atoms with Crippen LogP contribution in [0.5, 0.6) is 5.75 Å². The predicted octanol–water partition coefficient (Wildman–Crippen LogP) is 3.03. The molecule has 3 aromatic carbocycles. The highest BCUT2D eigenvalue weighted by Gasteiger charge is 2.26. The summed E-state index contributed by atoms with van der Waals surface area (Å²) in [4.78, 5) is 38.2. The lowest BCUT2D eigenvalue weighted by Crippen LogP contribution is -2.37. The molecule has 0 saturated heterocycles. The lowest BCUT2D eigenvalue weighted by Gasteiger charge is -2.24. The summed E-state index contributed by atoms with van der Waals surface area (Å²) in [7, 11) is 3.02. The van der Waals surface area contributed by atoms with Gasteiger partial charge in [0.15, 0.2) is 5.75 Å². The predicted molar refractivity (Wildman–Crippen MR) is 123 cm³/mol. The number of nitrogens with one attached hydrogen (secondary N) is 2. The van der Waals surface area contributed by atoms with Gasteiger partial charge in [0.25, 0.3) is 16.8 Å². The fourth-order valence-electron chi connectivity index (χ4n) is 3.26. The zero-order valence-electron chi connectivity index (χ0n) is 17.9. The Labute approximate surface area is 184 Å². The largest absolute Gasteiger partial charge is 0.505 e. The maximum atomic E-state index is 12.4. The second kappa shape index (κ2) is 8.78. The van der Waals surface area contributed by atoms with Crippen molar-refractivity contribution >= 4 is 23.0 Å². The normalized spacial score (nSPS) is 11.4. The molecule has 0 aliphatic heterocycles. The van der Waals surface area contributed by atoms with Crippen LogP contribution >= 0.6 is 0 Å². The Kier molecular flexibility index (Phi) is 6.12. The molecule has 0 aliphatic carbocycles. The van der Waals surface area contributed by atoms with Crippen LogP contribution in [0.4, 0.5) is 17.1 Å². The number of rotatable bonds is 7. The number of anilines is 3. The molecule has 1 amide bonds. The number of carbonyl (C=O) groups is 1. The summed E-state index contributed by atoms with van der Waals surface area (Å²) in [6.07, 6.45) is 0. The fraction of sp³-hybridized carbons (Fsp3) is 0.167. The van der Waals surface area contributed by atoms with Gasteiger partial charge in [-0.15, -0.1) is 0 Å². The third-order valence-corrected chi connectivity index (χ3v) is 4.96. The number of carbonyl (C=O) groups excluding carboxylic acids is 1. The van der Waals surface area contributed by atoms with Gasteiger partial charge in [0.2, 0.25) is 0 Å². The first-order chi connectivity index (χ1) is 15.1. The highest BCUT2D eigenvalue weighted by molar-refractivity contribution is 5.99. The van der Waals surface area contributed by atoms with Gasteiger partial charge in [-0.1, -0.05) is 42.5 Å². The monoisotopic (exact) mass is 430 g/mol. The summed E-state index contributed by atoms with van der Waals surface area (Å²) in [5.74, 6) is -0.946. The first-order valence-corrected chi connectivity index (χ1v) is 9.71. The van der Waals surface area contributed by atoms with Crippen molar-refractivity contribution in [2.75, 3.05) is 24.7 Å². The van der Waals surface area contributed by atoms with E-state index in [1.807, 2.05) is 36.4 Å². The highest BCUT2D eigenvalue weighted by Crippen LogP contribution is 2.35. The second-order valence-electron chi connectivity index (χ2n) is 7.60. The molecule has 0 radical (unpaired) electrons. The van der Waals surface area contributed by atoms with Crippen molar-refractivity contribution in [2.24, 2.45) is 0 Å². The molecule has 0 spiro atoms. The van der Waals surface area contributed by atoms with Crippen LogP contribution in [0.15, 0.2) is 64.2 Å². The highest BCUT2D eigenvalue weighted by atomic mass is 16.3. The fourth-order valence-corrected chi connectivity index (χ4v) is 3.26. The van der Waals surface area contributed by atoms with Crippen molar-refractivity contribution < 1.29 is 9.90 Å². The summed E-state index contributed by atoms with van der Waals surface area (Å²) >= 11 is 0. The van der Waals surface area contributed by atoms with E-state index in [-0.39, 0.29) is 28.2 Å². The molecule has 8 heteroatoms. The topological polar surface area (TPSA) is 123 Å². The third-order valence-electron chi connectivity index (χ3n) is 4.96. The summed E-state index contributed by atoms with van der Waals surface area (Å²) in [5, 5.41) is 25.7. The summed E-state index contributed by atoms with van der Waals surface area (Å²) in [6.45, 7) is 5.76. The molecular formula is C24H22N4O4. The van der Waals surface area contributed by atoms with Gasteiger partial charge >= 0.3 is 0 Å². The van der Waals surface area contributed by atoms with Crippen LogP contribution in [0.2, 0.25) is 0 Å². The van der Waals surface area contributed by atoms with E-state index in [2.05, 4.69) is 17.2 Å². The Bertz CT molecular complexity index is 1310. The minimum Gasteiger partial charge on any atom is -0.505 e. The smallest absolute Gasteiger partial charge is 0.257 e. The molecule has 0 aliphatic rings. The average Bonchev–Trinajstić information content (AvgIpc) is 2.78. The van der Waals surface area contributed by atoms with Gasteiger partial charge in [0, 0.05) is 14.1 Å². The van der Waals surface area contributed by atoms with Gasteiger partial charge in [-0.2, -0.15) is 5.26 Å². The number of benzene rings is 2. The minimum absolute atomic E-state index is 0.0315. The number of nitriles is 1. The minimum atomic E-state index is -0.775. The Morgan fingerprint density at radius 2 is 1.75 bits per heavy atom. The van der Waals surface area contributed by atoms with Gasteiger partial charge in [-0.25, -0.2) is 0 Å². The second-order valence-corrected chi connectivity index (χ2v) is 7.60. The van der Waals surface area contributed by atoms with Crippen molar-refractivity contribution in [3.8, 4) is 11.8 Å². The lowest BCUT2D eigenvalue weighted by atomic mass is 9.99. The van der Waals surface area contributed by atoms with Crippen molar-refractivity contribution in [3.05, 3.63) is 91.8 Å². The molecule has 0 saturated carbocycles. The number of hydrogen-bond acceptors (Lipinski definition) is 7. The summed E-state index contributed by atoms with van der Waals surface area (Å²) in [5.41, 5.74) is 0.0339. The molecule has 0 bridgehead atoms. The number of phenolic OH excluding ortho intramolecular Hbond substituents is 1. The molecule has 32 heavy (non-hydrogen) atoms. The van der Waals surface area contributed by atoms with Crippen LogP contribution in [0.3, 0.4) is 0 Å². The number of hydrogen-bond donors (Lipinski definition) is 3.